The number of alkyl halides is 6. The Morgan fingerprint density at radius 3 is 1.88 bits per heavy atom. The first kappa shape index (κ1) is 19.6. The largest absolute Gasteiger partial charge is 0.479 e. The molecule has 9 heteroatoms. The molecule has 2 aromatic carbocycles. The summed E-state index contributed by atoms with van der Waals surface area (Å²) in [4.78, 5) is 4.98. The summed E-state index contributed by atoms with van der Waals surface area (Å²) < 4.78 is 82.2. The number of rotatable bonds is 4. The Morgan fingerprint density at radius 1 is 0.885 bits per heavy atom. The minimum absolute atomic E-state index is 0.0290. The molecule has 0 aliphatic carbocycles. The average Bonchev–Trinajstić information content (AvgIpc) is 2.58. The SMILES string of the molecule is COC(=NOCc1ccccc1)c1cc(C(F)(F)F)cc(C(F)(F)F)c1. The third-order valence-corrected chi connectivity index (χ3v) is 3.25. The molecule has 0 unspecified atom stereocenters. The first-order chi connectivity index (χ1) is 12.1. The van der Waals surface area contributed by atoms with E-state index in [-0.39, 0.29) is 12.7 Å². The molecule has 0 saturated carbocycles. The number of ether oxygens (including phenoxy) is 1. The first-order valence-corrected chi connectivity index (χ1v) is 7.19. The van der Waals surface area contributed by atoms with Crippen LogP contribution < -0.4 is 0 Å². The quantitative estimate of drug-likeness (QED) is 0.315. The van der Waals surface area contributed by atoms with Crippen molar-refractivity contribution in [2.45, 2.75) is 19.0 Å². The van der Waals surface area contributed by atoms with Gasteiger partial charge in [-0.3, -0.25) is 0 Å². The number of halogens is 6. The van der Waals surface area contributed by atoms with Crippen LogP contribution in [0.3, 0.4) is 0 Å². The van der Waals surface area contributed by atoms with Crippen molar-refractivity contribution in [3.63, 3.8) is 0 Å². The van der Waals surface area contributed by atoms with Gasteiger partial charge in [0.1, 0.15) is 6.61 Å². The van der Waals surface area contributed by atoms with Gasteiger partial charge in [-0.05, 0) is 28.9 Å². The molecule has 0 aliphatic rings. The van der Waals surface area contributed by atoms with E-state index in [4.69, 9.17) is 9.57 Å². The van der Waals surface area contributed by atoms with Crippen molar-refractivity contribution in [3.05, 3.63) is 70.8 Å². The van der Waals surface area contributed by atoms with Gasteiger partial charge in [0, 0.05) is 5.56 Å². The van der Waals surface area contributed by atoms with E-state index in [0.717, 1.165) is 7.11 Å². The summed E-state index contributed by atoms with van der Waals surface area (Å²) in [6.45, 7) is -0.0290. The summed E-state index contributed by atoms with van der Waals surface area (Å²) in [5.74, 6) is -0.502. The Bertz CT molecular complexity index is 737. The van der Waals surface area contributed by atoms with Crippen LogP contribution in [0.2, 0.25) is 0 Å². The molecule has 3 nitrogen and oxygen atoms in total. The van der Waals surface area contributed by atoms with Crippen LogP contribution in [0.25, 0.3) is 0 Å². The molecule has 0 saturated heterocycles. The lowest BCUT2D eigenvalue weighted by Crippen LogP contribution is -2.14. The molecule has 0 amide bonds. The second kappa shape index (κ2) is 7.67. The topological polar surface area (TPSA) is 30.8 Å². The summed E-state index contributed by atoms with van der Waals surface area (Å²) in [7, 11) is 1.07. The Balaban J connectivity index is 2.34. The first-order valence-electron chi connectivity index (χ1n) is 7.19. The monoisotopic (exact) mass is 377 g/mol. The van der Waals surface area contributed by atoms with E-state index in [9.17, 15) is 26.3 Å². The molecule has 0 heterocycles. The Kier molecular flexibility index (Phi) is 5.79. The normalized spacial score (nSPS) is 12.8. The molecule has 0 aromatic heterocycles. The van der Waals surface area contributed by atoms with E-state index in [1.807, 2.05) is 0 Å². The number of benzene rings is 2. The molecule has 0 fully saturated rings. The van der Waals surface area contributed by atoms with Crippen LogP contribution in [0.4, 0.5) is 26.3 Å². The highest BCUT2D eigenvalue weighted by Crippen LogP contribution is 2.36. The fourth-order valence-corrected chi connectivity index (χ4v) is 2.03. The molecular weight excluding hydrogens is 364 g/mol. The summed E-state index contributed by atoms with van der Waals surface area (Å²) in [5.41, 5.74) is -2.71. The number of nitrogens with zero attached hydrogens (tertiary/aromatic N) is 1. The number of methoxy groups -OCH3 is 1. The van der Waals surface area contributed by atoms with E-state index in [1.54, 1.807) is 30.3 Å². The summed E-state index contributed by atoms with van der Waals surface area (Å²) >= 11 is 0. The summed E-state index contributed by atoms with van der Waals surface area (Å²) in [6, 6.07) is 9.75. The molecular formula is C17H13F6NO2. The predicted octanol–water partition coefficient (Wildman–Crippen LogP) is 5.25. The van der Waals surface area contributed by atoms with Crippen molar-refractivity contribution in [3.8, 4) is 0 Å². The molecule has 0 spiro atoms. The van der Waals surface area contributed by atoms with Gasteiger partial charge in [-0.2, -0.15) is 26.3 Å². The lowest BCUT2D eigenvalue weighted by molar-refractivity contribution is -0.143. The van der Waals surface area contributed by atoms with Gasteiger partial charge in [0.2, 0.25) is 0 Å². The van der Waals surface area contributed by atoms with Crippen molar-refractivity contribution in [2.24, 2.45) is 5.16 Å². The van der Waals surface area contributed by atoms with E-state index in [0.29, 0.717) is 17.7 Å². The Morgan fingerprint density at radius 2 is 1.42 bits per heavy atom. The standard InChI is InChI=1S/C17H13F6NO2/c1-25-15(24-26-10-11-5-3-2-4-6-11)12-7-13(16(18,19)20)9-14(8-12)17(21,22)23/h2-9H,10H2,1H3. The number of hydrogen-bond donors (Lipinski definition) is 0. The van der Waals surface area contributed by atoms with Crippen molar-refractivity contribution < 1.29 is 35.9 Å². The van der Waals surface area contributed by atoms with Crippen LogP contribution in [0.1, 0.15) is 22.3 Å². The van der Waals surface area contributed by atoms with Crippen molar-refractivity contribution in [2.75, 3.05) is 7.11 Å². The Labute approximate surface area is 144 Å². The minimum atomic E-state index is -4.96. The van der Waals surface area contributed by atoms with Crippen LogP contribution in [-0.4, -0.2) is 13.0 Å². The highest BCUT2D eigenvalue weighted by Gasteiger charge is 2.37. The maximum atomic E-state index is 12.9. The van der Waals surface area contributed by atoms with Crippen LogP contribution in [0.5, 0.6) is 0 Å². The van der Waals surface area contributed by atoms with Crippen LogP contribution in [0, 0.1) is 0 Å². The highest BCUT2D eigenvalue weighted by atomic mass is 19.4. The molecule has 26 heavy (non-hydrogen) atoms. The Hall–Kier alpha value is -2.71. The van der Waals surface area contributed by atoms with Gasteiger partial charge >= 0.3 is 12.4 Å². The van der Waals surface area contributed by atoms with Gasteiger partial charge in [-0.25, -0.2) is 0 Å². The fraction of sp³-hybridized carbons (Fsp3) is 0.235. The van der Waals surface area contributed by atoms with E-state index >= 15 is 0 Å². The van der Waals surface area contributed by atoms with Gasteiger partial charge in [-0.15, -0.1) is 0 Å². The smallest absolute Gasteiger partial charge is 0.416 e. The molecule has 140 valence electrons. The summed E-state index contributed by atoms with van der Waals surface area (Å²) in [5, 5.41) is 3.51. The zero-order chi connectivity index (χ0) is 19.4. The molecule has 2 aromatic rings. The van der Waals surface area contributed by atoms with Gasteiger partial charge < -0.3 is 9.57 Å². The van der Waals surface area contributed by atoms with Gasteiger partial charge in [0.05, 0.1) is 18.2 Å². The second-order valence-corrected chi connectivity index (χ2v) is 5.15. The number of hydrogen-bond acceptors (Lipinski definition) is 3. The molecule has 0 N–H and O–H groups in total. The average molecular weight is 377 g/mol. The zero-order valence-corrected chi connectivity index (χ0v) is 13.4. The third kappa shape index (κ3) is 5.14. The number of oxime groups is 1. The van der Waals surface area contributed by atoms with Crippen LogP contribution in [0.15, 0.2) is 53.7 Å². The second-order valence-electron chi connectivity index (χ2n) is 5.15. The van der Waals surface area contributed by atoms with E-state index < -0.39 is 34.9 Å². The lowest BCUT2D eigenvalue weighted by atomic mass is 10.0. The predicted molar refractivity (Wildman–Crippen MR) is 81.2 cm³/mol. The minimum Gasteiger partial charge on any atom is -0.479 e. The van der Waals surface area contributed by atoms with E-state index in [1.165, 1.54) is 0 Å². The summed E-state index contributed by atoms with van der Waals surface area (Å²) in [6.07, 6.45) is -9.92. The molecule has 0 bridgehead atoms. The third-order valence-electron chi connectivity index (χ3n) is 3.25. The highest BCUT2D eigenvalue weighted by molar-refractivity contribution is 5.94. The maximum absolute atomic E-state index is 12.9. The van der Waals surface area contributed by atoms with Crippen LogP contribution >= 0.6 is 0 Å². The van der Waals surface area contributed by atoms with Crippen molar-refractivity contribution in [1.82, 2.24) is 0 Å². The maximum Gasteiger partial charge on any atom is 0.416 e. The van der Waals surface area contributed by atoms with Gasteiger partial charge in [0.15, 0.2) is 0 Å². The van der Waals surface area contributed by atoms with Crippen LogP contribution in [-0.2, 0) is 28.5 Å². The van der Waals surface area contributed by atoms with Gasteiger partial charge in [0.25, 0.3) is 5.90 Å². The molecule has 0 aliphatic heterocycles. The molecule has 0 atom stereocenters. The molecule has 0 radical (unpaired) electrons. The van der Waals surface area contributed by atoms with E-state index in [2.05, 4.69) is 5.16 Å². The van der Waals surface area contributed by atoms with Crippen molar-refractivity contribution >= 4 is 5.90 Å². The fourth-order valence-electron chi connectivity index (χ4n) is 2.03. The zero-order valence-electron chi connectivity index (χ0n) is 13.4. The molecule has 2 rings (SSSR count). The lowest BCUT2D eigenvalue weighted by Gasteiger charge is -2.14. The van der Waals surface area contributed by atoms with Gasteiger partial charge in [-0.1, -0.05) is 30.3 Å². The van der Waals surface area contributed by atoms with Crippen molar-refractivity contribution in [1.29, 1.82) is 0 Å².